The molecule has 0 aliphatic carbocycles. The van der Waals surface area contributed by atoms with E-state index in [-0.39, 0.29) is 29.4 Å². The number of ether oxygens (including phenoxy) is 1. The average molecular weight is 417 g/mol. The zero-order chi connectivity index (χ0) is 15.1. The van der Waals surface area contributed by atoms with Crippen molar-refractivity contribution in [2.45, 2.75) is 38.5 Å². The highest BCUT2D eigenvalue weighted by atomic mass is 127. The van der Waals surface area contributed by atoms with E-state index in [1.54, 1.807) is 0 Å². The van der Waals surface area contributed by atoms with E-state index in [1.807, 2.05) is 0 Å². The van der Waals surface area contributed by atoms with E-state index in [0.717, 1.165) is 45.6 Å². The maximum Gasteiger partial charge on any atom is 0.188 e. The number of guanidine groups is 1. The van der Waals surface area contributed by atoms with Gasteiger partial charge in [-0.3, -0.25) is 4.99 Å². The molecule has 1 aliphatic rings. The predicted octanol–water partition coefficient (Wildman–Crippen LogP) is 2.98. The van der Waals surface area contributed by atoms with Crippen LogP contribution in [0.5, 0.6) is 0 Å². The van der Waals surface area contributed by atoms with Crippen LogP contribution in [0.1, 0.15) is 37.3 Å². The molecule has 0 spiro atoms. The molecule has 0 aromatic heterocycles. The van der Waals surface area contributed by atoms with E-state index in [0.29, 0.717) is 5.96 Å². The number of hydrogen-bond acceptors (Lipinski definition) is 2. The summed E-state index contributed by atoms with van der Waals surface area (Å²) in [5.41, 5.74) is 8.73. The van der Waals surface area contributed by atoms with Gasteiger partial charge in [0.2, 0.25) is 0 Å². The van der Waals surface area contributed by atoms with Crippen molar-refractivity contribution in [2.75, 3.05) is 26.3 Å². The lowest BCUT2D eigenvalue weighted by atomic mass is 9.72. The number of rotatable bonds is 5. The van der Waals surface area contributed by atoms with E-state index in [2.05, 4.69) is 48.4 Å². The topological polar surface area (TPSA) is 59.6 Å². The van der Waals surface area contributed by atoms with Gasteiger partial charge in [0, 0.05) is 25.2 Å². The molecule has 1 fully saturated rings. The molecule has 1 aliphatic heterocycles. The van der Waals surface area contributed by atoms with Gasteiger partial charge in [0.25, 0.3) is 0 Å². The fourth-order valence-corrected chi connectivity index (χ4v) is 2.99. The summed E-state index contributed by atoms with van der Waals surface area (Å²) in [4.78, 5) is 4.60. The number of nitrogens with two attached hydrogens (primary N) is 1. The zero-order valence-corrected chi connectivity index (χ0v) is 15.9. The van der Waals surface area contributed by atoms with Crippen LogP contribution >= 0.6 is 24.0 Å². The summed E-state index contributed by atoms with van der Waals surface area (Å²) >= 11 is 0. The third-order valence-electron chi connectivity index (χ3n) is 4.27. The summed E-state index contributed by atoms with van der Waals surface area (Å²) in [6, 6.07) is 8.61. The standard InChI is InChI=1S/C17H27N3O.HI/c1-3-10-19-16(18)20-13-17(8-11-21-12-9-17)15-7-5-4-6-14(15)2;/h4-7H,3,8-13H2,1-2H3,(H3,18,19,20);1H. The lowest BCUT2D eigenvalue weighted by Gasteiger charge is -2.37. The first-order valence-corrected chi connectivity index (χ1v) is 7.85. The number of aryl methyl sites for hydroxylation is 1. The van der Waals surface area contributed by atoms with E-state index < -0.39 is 0 Å². The first-order valence-electron chi connectivity index (χ1n) is 7.85. The second-order valence-corrected chi connectivity index (χ2v) is 5.84. The molecular formula is C17H28IN3O. The lowest BCUT2D eigenvalue weighted by Crippen LogP contribution is -2.39. The highest BCUT2D eigenvalue weighted by molar-refractivity contribution is 14.0. The molecule has 1 heterocycles. The van der Waals surface area contributed by atoms with Crippen LogP contribution in [0.2, 0.25) is 0 Å². The monoisotopic (exact) mass is 417 g/mol. The number of nitrogens with one attached hydrogen (secondary N) is 1. The van der Waals surface area contributed by atoms with Gasteiger partial charge in [-0.15, -0.1) is 24.0 Å². The largest absolute Gasteiger partial charge is 0.381 e. The molecule has 1 aromatic carbocycles. The second-order valence-electron chi connectivity index (χ2n) is 5.84. The summed E-state index contributed by atoms with van der Waals surface area (Å²) in [5.74, 6) is 0.552. The predicted molar refractivity (Wildman–Crippen MR) is 103 cm³/mol. The Hall–Kier alpha value is -0.820. The molecule has 0 amide bonds. The van der Waals surface area contributed by atoms with Crippen molar-refractivity contribution in [3.05, 3.63) is 35.4 Å². The van der Waals surface area contributed by atoms with E-state index >= 15 is 0 Å². The van der Waals surface area contributed by atoms with Gasteiger partial charge in [-0.2, -0.15) is 0 Å². The molecule has 22 heavy (non-hydrogen) atoms. The molecule has 0 atom stereocenters. The minimum atomic E-state index is 0. The molecule has 0 bridgehead atoms. The first kappa shape index (κ1) is 19.2. The van der Waals surface area contributed by atoms with Gasteiger partial charge in [-0.25, -0.2) is 0 Å². The Morgan fingerprint density at radius 2 is 2.00 bits per heavy atom. The van der Waals surface area contributed by atoms with Gasteiger partial charge in [-0.1, -0.05) is 31.2 Å². The highest BCUT2D eigenvalue weighted by Crippen LogP contribution is 2.36. The Morgan fingerprint density at radius 1 is 1.32 bits per heavy atom. The molecule has 0 saturated carbocycles. The zero-order valence-electron chi connectivity index (χ0n) is 13.6. The van der Waals surface area contributed by atoms with Crippen LogP contribution in [0.4, 0.5) is 0 Å². The van der Waals surface area contributed by atoms with Crippen LogP contribution in [-0.2, 0) is 10.2 Å². The molecule has 124 valence electrons. The summed E-state index contributed by atoms with van der Waals surface area (Å²) < 4.78 is 5.56. The van der Waals surface area contributed by atoms with E-state index in [4.69, 9.17) is 10.5 Å². The minimum absolute atomic E-state index is 0. The van der Waals surface area contributed by atoms with E-state index in [9.17, 15) is 0 Å². The molecule has 3 N–H and O–H groups in total. The molecule has 4 nitrogen and oxygen atoms in total. The number of halogens is 1. The Balaban J connectivity index is 0.00000242. The van der Waals surface area contributed by atoms with Crippen molar-refractivity contribution in [3.63, 3.8) is 0 Å². The van der Waals surface area contributed by atoms with Gasteiger partial charge in [-0.05, 0) is 37.3 Å². The van der Waals surface area contributed by atoms with Crippen LogP contribution in [0.3, 0.4) is 0 Å². The summed E-state index contributed by atoms with van der Waals surface area (Å²) in [6.45, 7) is 7.49. The molecule has 0 radical (unpaired) electrons. The molecular weight excluding hydrogens is 389 g/mol. The number of hydrogen-bond donors (Lipinski definition) is 2. The smallest absolute Gasteiger partial charge is 0.188 e. The fraction of sp³-hybridized carbons (Fsp3) is 0.588. The Kier molecular flexibility index (Phi) is 8.17. The van der Waals surface area contributed by atoms with Crippen molar-refractivity contribution in [2.24, 2.45) is 10.7 Å². The summed E-state index contributed by atoms with van der Waals surface area (Å²) in [6.07, 6.45) is 3.05. The highest BCUT2D eigenvalue weighted by Gasteiger charge is 2.35. The fourth-order valence-electron chi connectivity index (χ4n) is 2.99. The van der Waals surface area contributed by atoms with Gasteiger partial charge in [0.05, 0.1) is 6.54 Å². The number of benzene rings is 1. The van der Waals surface area contributed by atoms with Crippen molar-refractivity contribution >= 4 is 29.9 Å². The van der Waals surface area contributed by atoms with Crippen LogP contribution < -0.4 is 11.1 Å². The third kappa shape index (κ3) is 4.84. The van der Waals surface area contributed by atoms with Gasteiger partial charge >= 0.3 is 0 Å². The number of nitrogens with zero attached hydrogens (tertiary/aromatic N) is 1. The van der Waals surface area contributed by atoms with Gasteiger partial charge in [0.1, 0.15) is 0 Å². The van der Waals surface area contributed by atoms with Crippen LogP contribution in [0, 0.1) is 6.92 Å². The van der Waals surface area contributed by atoms with Crippen LogP contribution in [-0.4, -0.2) is 32.3 Å². The third-order valence-corrected chi connectivity index (χ3v) is 4.27. The van der Waals surface area contributed by atoms with E-state index in [1.165, 1.54) is 11.1 Å². The average Bonchev–Trinajstić information content (AvgIpc) is 2.52. The quantitative estimate of drug-likeness (QED) is 0.440. The number of aliphatic imine (C=N–C) groups is 1. The molecule has 5 heteroatoms. The van der Waals surface area contributed by atoms with Gasteiger partial charge in [0.15, 0.2) is 5.96 Å². The van der Waals surface area contributed by atoms with Crippen molar-refractivity contribution < 1.29 is 4.74 Å². The molecule has 1 aromatic rings. The maximum atomic E-state index is 5.96. The van der Waals surface area contributed by atoms with Crippen LogP contribution in [0.15, 0.2) is 29.3 Å². The summed E-state index contributed by atoms with van der Waals surface area (Å²) in [7, 11) is 0. The Morgan fingerprint density at radius 3 is 2.64 bits per heavy atom. The SMILES string of the molecule is CCCNC(N)=NCC1(c2ccccc2C)CCOCC1.I. The maximum absolute atomic E-state index is 5.96. The Bertz CT molecular complexity index is 485. The normalized spacial score (nSPS) is 17.6. The molecule has 1 saturated heterocycles. The molecule has 0 unspecified atom stereocenters. The minimum Gasteiger partial charge on any atom is -0.381 e. The Labute approximate surface area is 150 Å². The first-order chi connectivity index (χ1) is 10.2. The van der Waals surface area contributed by atoms with Gasteiger partial charge < -0.3 is 15.8 Å². The van der Waals surface area contributed by atoms with Crippen molar-refractivity contribution in [3.8, 4) is 0 Å². The van der Waals surface area contributed by atoms with Crippen molar-refractivity contribution in [1.82, 2.24) is 5.32 Å². The summed E-state index contributed by atoms with van der Waals surface area (Å²) in [5, 5.41) is 3.15. The lowest BCUT2D eigenvalue weighted by molar-refractivity contribution is 0.0529. The molecule has 2 rings (SSSR count). The second kappa shape index (κ2) is 9.35. The van der Waals surface area contributed by atoms with Crippen molar-refractivity contribution in [1.29, 1.82) is 0 Å². The van der Waals surface area contributed by atoms with Crippen LogP contribution in [0.25, 0.3) is 0 Å².